The molecule has 0 radical (unpaired) electrons. The highest BCUT2D eigenvalue weighted by molar-refractivity contribution is 7.92. The van der Waals surface area contributed by atoms with Crippen molar-refractivity contribution in [1.29, 1.82) is 0 Å². The molecule has 7 heteroatoms. The Bertz CT molecular complexity index is 914. The van der Waals surface area contributed by atoms with Crippen molar-refractivity contribution in [3.63, 3.8) is 0 Å². The van der Waals surface area contributed by atoms with Crippen molar-refractivity contribution in [2.24, 2.45) is 0 Å². The van der Waals surface area contributed by atoms with Crippen LogP contribution in [0.5, 0.6) is 0 Å². The van der Waals surface area contributed by atoms with Crippen molar-refractivity contribution in [2.75, 3.05) is 22.0 Å². The number of rotatable bonds is 4. The summed E-state index contributed by atoms with van der Waals surface area (Å²) in [5, 5.41) is 0. The topological polar surface area (TPSA) is 57.7 Å². The number of para-hydroxylation sites is 1. The predicted molar refractivity (Wildman–Crippen MR) is 95.7 cm³/mol. The zero-order chi connectivity index (χ0) is 18.2. The lowest BCUT2D eigenvalue weighted by atomic mass is 10.2. The molecule has 0 saturated carbocycles. The molecule has 1 unspecified atom stereocenters. The molecule has 0 saturated heterocycles. The molecule has 0 bridgehead atoms. The molecule has 1 heterocycles. The monoisotopic (exact) mass is 362 g/mol. The Morgan fingerprint density at radius 3 is 2.60 bits per heavy atom. The SMILES string of the molecule is CC(C(=O)N1CCc2ccccc21)N(c1cccc(F)c1)S(C)(=O)=O. The third-order valence-electron chi connectivity index (χ3n) is 4.28. The van der Waals surface area contributed by atoms with Gasteiger partial charge in [0.05, 0.1) is 11.9 Å². The minimum Gasteiger partial charge on any atom is -0.310 e. The molecular formula is C18H19FN2O3S. The van der Waals surface area contributed by atoms with E-state index in [0.29, 0.717) is 6.54 Å². The number of carbonyl (C=O) groups excluding carboxylic acids is 1. The van der Waals surface area contributed by atoms with E-state index in [-0.39, 0.29) is 11.6 Å². The molecule has 1 atom stereocenters. The first-order valence-corrected chi connectivity index (χ1v) is 9.78. The largest absolute Gasteiger partial charge is 0.310 e. The first-order chi connectivity index (χ1) is 11.8. The van der Waals surface area contributed by atoms with Crippen molar-refractivity contribution in [2.45, 2.75) is 19.4 Å². The number of benzene rings is 2. The van der Waals surface area contributed by atoms with Crippen LogP contribution in [0.15, 0.2) is 48.5 Å². The minimum absolute atomic E-state index is 0.135. The molecule has 0 spiro atoms. The normalized spacial score (nSPS) is 14.9. The van der Waals surface area contributed by atoms with Gasteiger partial charge >= 0.3 is 0 Å². The number of hydrogen-bond acceptors (Lipinski definition) is 3. The van der Waals surface area contributed by atoms with E-state index in [2.05, 4.69) is 0 Å². The maximum atomic E-state index is 13.6. The lowest BCUT2D eigenvalue weighted by Crippen LogP contribution is -2.49. The van der Waals surface area contributed by atoms with Gasteiger partial charge in [0.2, 0.25) is 10.0 Å². The van der Waals surface area contributed by atoms with Gasteiger partial charge in [0.25, 0.3) is 5.91 Å². The molecule has 3 rings (SSSR count). The summed E-state index contributed by atoms with van der Waals surface area (Å²) in [6.07, 6.45) is 1.74. The van der Waals surface area contributed by atoms with Crippen molar-refractivity contribution in [3.05, 3.63) is 59.9 Å². The molecule has 0 aromatic heterocycles. The standard InChI is InChI=1S/C18H19FN2O3S/c1-13(18(22)20-11-10-14-6-3-4-9-17(14)20)21(25(2,23)24)16-8-5-7-15(19)12-16/h3-9,12-13H,10-11H2,1-2H3. The predicted octanol–water partition coefficient (Wildman–Crippen LogP) is 2.57. The van der Waals surface area contributed by atoms with Crippen molar-refractivity contribution in [3.8, 4) is 0 Å². The number of anilines is 2. The quantitative estimate of drug-likeness (QED) is 0.840. The molecule has 0 N–H and O–H groups in total. The van der Waals surface area contributed by atoms with Crippen LogP contribution >= 0.6 is 0 Å². The second-order valence-corrected chi connectivity index (χ2v) is 7.94. The van der Waals surface area contributed by atoms with Crippen molar-refractivity contribution in [1.82, 2.24) is 0 Å². The maximum absolute atomic E-state index is 13.6. The Balaban J connectivity index is 1.96. The van der Waals surface area contributed by atoms with Crippen LogP contribution in [-0.4, -0.2) is 33.2 Å². The Morgan fingerprint density at radius 1 is 1.20 bits per heavy atom. The number of sulfonamides is 1. The number of nitrogens with zero attached hydrogens (tertiary/aromatic N) is 2. The van der Waals surface area contributed by atoms with E-state index in [0.717, 1.165) is 34.3 Å². The Labute approximate surface area is 146 Å². The number of carbonyl (C=O) groups is 1. The van der Waals surface area contributed by atoms with Gasteiger partial charge in [-0.15, -0.1) is 0 Å². The van der Waals surface area contributed by atoms with Gasteiger partial charge in [-0.25, -0.2) is 12.8 Å². The van der Waals surface area contributed by atoms with Crippen LogP contribution in [0.4, 0.5) is 15.8 Å². The van der Waals surface area contributed by atoms with Crippen LogP contribution < -0.4 is 9.21 Å². The van der Waals surface area contributed by atoms with Crippen LogP contribution in [0.2, 0.25) is 0 Å². The lowest BCUT2D eigenvalue weighted by molar-refractivity contribution is -0.119. The first kappa shape index (κ1) is 17.4. The average Bonchev–Trinajstić information content (AvgIpc) is 2.97. The number of hydrogen-bond donors (Lipinski definition) is 0. The molecular weight excluding hydrogens is 343 g/mol. The van der Waals surface area contributed by atoms with Crippen LogP contribution in [-0.2, 0) is 21.2 Å². The van der Waals surface area contributed by atoms with Gasteiger partial charge in [-0.05, 0) is 43.2 Å². The Morgan fingerprint density at radius 2 is 1.92 bits per heavy atom. The highest BCUT2D eigenvalue weighted by Crippen LogP contribution is 2.30. The summed E-state index contributed by atoms with van der Waals surface area (Å²) < 4.78 is 39.1. The maximum Gasteiger partial charge on any atom is 0.250 e. The molecule has 25 heavy (non-hydrogen) atoms. The third-order valence-corrected chi connectivity index (χ3v) is 5.52. The van der Waals surface area contributed by atoms with E-state index in [1.165, 1.54) is 25.1 Å². The van der Waals surface area contributed by atoms with E-state index in [4.69, 9.17) is 0 Å². The van der Waals surface area contributed by atoms with E-state index in [1.807, 2.05) is 24.3 Å². The Hall–Kier alpha value is -2.41. The summed E-state index contributed by atoms with van der Waals surface area (Å²) in [4.78, 5) is 14.6. The van der Waals surface area contributed by atoms with Gasteiger partial charge in [0.15, 0.2) is 0 Å². The molecule has 1 aliphatic heterocycles. The number of fused-ring (bicyclic) bond motifs is 1. The molecule has 0 aliphatic carbocycles. The fourth-order valence-electron chi connectivity index (χ4n) is 3.21. The van der Waals surface area contributed by atoms with Gasteiger partial charge in [0.1, 0.15) is 11.9 Å². The fourth-order valence-corrected chi connectivity index (χ4v) is 4.37. The van der Waals surface area contributed by atoms with Gasteiger partial charge in [0, 0.05) is 12.2 Å². The number of halogens is 1. The second-order valence-electron chi connectivity index (χ2n) is 6.08. The van der Waals surface area contributed by atoms with Crippen LogP contribution in [0.1, 0.15) is 12.5 Å². The summed E-state index contributed by atoms with van der Waals surface area (Å²) in [7, 11) is -3.77. The van der Waals surface area contributed by atoms with E-state index < -0.39 is 21.9 Å². The van der Waals surface area contributed by atoms with Gasteiger partial charge in [-0.1, -0.05) is 24.3 Å². The first-order valence-electron chi connectivity index (χ1n) is 7.93. The summed E-state index contributed by atoms with van der Waals surface area (Å²) in [5.74, 6) is -0.892. The van der Waals surface area contributed by atoms with Gasteiger partial charge in [-0.2, -0.15) is 0 Å². The van der Waals surface area contributed by atoms with Gasteiger partial charge < -0.3 is 4.90 Å². The molecule has 2 aromatic carbocycles. The molecule has 0 fully saturated rings. The molecule has 2 aromatic rings. The third kappa shape index (κ3) is 3.37. The molecule has 5 nitrogen and oxygen atoms in total. The zero-order valence-electron chi connectivity index (χ0n) is 14.0. The highest BCUT2D eigenvalue weighted by atomic mass is 32.2. The average molecular weight is 362 g/mol. The second kappa shape index (κ2) is 6.48. The van der Waals surface area contributed by atoms with Crippen LogP contribution in [0, 0.1) is 5.82 Å². The molecule has 132 valence electrons. The van der Waals surface area contributed by atoms with E-state index >= 15 is 0 Å². The Kier molecular flexibility index (Phi) is 4.51. The van der Waals surface area contributed by atoms with Gasteiger partial charge in [-0.3, -0.25) is 9.10 Å². The zero-order valence-corrected chi connectivity index (χ0v) is 14.8. The van der Waals surface area contributed by atoms with E-state index in [9.17, 15) is 17.6 Å². The summed E-state index contributed by atoms with van der Waals surface area (Å²) in [6, 6.07) is 11.8. The fraction of sp³-hybridized carbons (Fsp3) is 0.278. The summed E-state index contributed by atoms with van der Waals surface area (Å²) in [6.45, 7) is 2.03. The summed E-state index contributed by atoms with van der Waals surface area (Å²) in [5.41, 5.74) is 1.99. The van der Waals surface area contributed by atoms with Crippen LogP contribution in [0.25, 0.3) is 0 Å². The smallest absolute Gasteiger partial charge is 0.250 e. The summed E-state index contributed by atoms with van der Waals surface area (Å²) >= 11 is 0. The van der Waals surface area contributed by atoms with Crippen molar-refractivity contribution >= 4 is 27.3 Å². The van der Waals surface area contributed by atoms with Crippen molar-refractivity contribution < 1.29 is 17.6 Å². The lowest BCUT2D eigenvalue weighted by Gasteiger charge is -2.31. The highest BCUT2D eigenvalue weighted by Gasteiger charge is 2.35. The molecule has 1 amide bonds. The number of amides is 1. The van der Waals surface area contributed by atoms with E-state index in [1.54, 1.807) is 4.90 Å². The minimum atomic E-state index is -3.77. The molecule has 1 aliphatic rings. The van der Waals surface area contributed by atoms with Crippen LogP contribution in [0.3, 0.4) is 0 Å².